The molecular weight excluding hydrogens is 452 g/mol. The number of rotatable bonds is 2. The van der Waals surface area contributed by atoms with Crippen LogP contribution >= 0.6 is 11.6 Å². The van der Waals surface area contributed by atoms with Gasteiger partial charge < -0.3 is 14.2 Å². The Hall–Kier alpha value is -2.98. The SMILES string of the molecule is O=C(c1cccc(C(F)(F)F)c1Cl)N1C2COCC1c1nnc(-c3ccc(F)cc3)n1C2. The van der Waals surface area contributed by atoms with E-state index in [1.54, 1.807) is 12.1 Å². The summed E-state index contributed by atoms with van der Waals surface area (Å²) < 4.78 is 60.6. The molecule has 2 bridgehead atoms. The Morgan fingerprint density at radius 3 is 2.56 bits per heavy atom. The van der Waals surface area contributed by atoms with Crippen LogP contribution in [0.3, 0.4) is 0 Å². The van der Waals surface area contributed by atoms with Gasteiger partial charge >= 0.3 is 6.18 Å². The van der Waals surface area contributed by atoms with Crippen molar-refractivity contribution >= 4 is 17.5 Å². The molecule has 1 amide bonds. The van der Waals surface area contributed by atoms with Gasteiger partial charge in [-0.3, -0.25) is 4.79 Å². The van der Waals surface area contributed by atoms with Gasteiger partial charge in [0.15, 0.2) is 11.6 Å². The zero-order valence-electron chi connectivity index (χ0n) is 16.3. The molecule has 6 nitrogen and oxygen atoms in total. The van der Waals surface area contributed by atoms with Crippen LogP contribution in [0, 0.1) is 5.82 Å². The number of hydrogen-bond acceptors (Lipinski definition) is 4. The highest BCUT2D eigenvalue weighted by molar-refractivity contribution is 6.34. The first kappa shape index (κ1) is 20.9. The number of halogens is 5. The van der Waals surface area contributed by atoms with Gasteiger partial charge in [0.25, 0.3) is 5.91 Å². The molecule has 1 saturated heterocycles. The van der Waals surface area contributed by atoms with Gasteiger partial charge in [-0.15, -0.1) is 10.2 Å². The molecule has 0 saturated carbocycles. The smallest absolute Gasteiger partial charge is 0.377 e. The van der Waals surface area contributed by atoms with Gasteiger partial charge in [-0.25, -0.2) is 4.39 Å². The maximum Gasteiger partial charge on any atom is 0.417 e. The van der Waals surface area contributed by atoms with Gasteiger partial charge in [0.1, 0.15) is 11.9 Å². The molecule has 3 heterocycles. The third-order valence-electron chi connectivity index (χ3n) is 5.66. The summed E-state index contributed by atoms with van der Waals surface area (Å²) in [6.07, 6.45) is -4.68. The van der Waals surface area contributed by atoms with Crippen LogP contribution in [0.1, 0.15) is 27.8 Å². The van der Waals surface area contributed by atoms with Gasteiger partial charge in [-0.2, -0.15) is 13.2 Å². The number of hydrogen-bond donors (Lipinski definition) is 0. The number of benzene rings is 2. The number of morpholine rings is 1. The number of aromatic nitrogens is 3. The van der Waals surface area contributed by atoms with E-state index < -0.39 is 34.8 Å². The first-order valence-electron chi connectivity index (χ1n) is 9.71. The van der Waals surface area contributed by atoms with Gasteiger partial charge in [-0.1, -0.05) is 17.7 Å². The standard InChI is InChI=1S/C21H15ClF4N4O2/c22-17-14(2-1-3-15(17)21(24,25)26)20(31)30-13-8-29-18(11-4-6-12(23)7-5-11)27-28-19(29)16(30)10-32-9-13/h1-7,13,16H,8-10H2. The summed E-state index contributed by atoms with van der Waals surface area (Å²) in [5.41, 5.74) is -0.639. The first-order chi connectivity index (χ1) is 15.3. The average Bonchev–Trinajstić information content (AvgIpc) is 3.16. The summed E-state index contributed by atoms with van der Waals surface area (Å²) in [6, 6.07) is 7.96. The van der Waals surface area contributed by atoms with Crippen molar-refractivity contribution in [2.75, 3.05) is 13.2 Å². The molecule has 2 aromatic carbocycles. The normalized spacial score (nSPS) is 20.2. The Bertz CT molecular complexity index is 1200. The van der Waals surface area contributed by atoms with Crippen molar-refractivity contribution in [3.05, 3.63) is 70.3 Å². The van der Waals surface area contributed by atoms with Crippen molar-refractivity contribution in [2.45, 2.75) is 24.8 Å². The molecule has 3 aromatic rings. The van der Waals surface area contributed by atoms with Crippen LogP contribution < -0.4 is 0 Å². The van der Waals surface area contributed by atoms with Crippen molar-refractivity contribution in [3.63, 3.8) is 0 Å². The van der Waals surface area contributed by atoms with Crippen LogP contribution in [0.5, 0.6) is 0 Å². The van der Waals surface area contributed by atoms with Crippen LogP contribution in [-0.4, -0.2) is 44.8 Å². The maximum absolute atomic E-state index is 13.4. The van der Waals surface area contributed by atoms with E-state index in [-0.39, 0.29) is 31.1 Å². The lowest BCUT2D eigenvalue weighted by molar-refractivity contribution is -0.137. The average molecular weight is 467 g/mol. The summed E-state index contributed by atoms with van der Waals surface area (Å²) in [5.74, 6) is -0.0538. The van der Waals surface area contributed by atoms with Gasteiger partial charge in [-0.05, 0) is 36.4 Å². The van der Waals surface area contributed by atoms with Gasteiger partial charge in [0.05, 0.1) is 35.4 Å². The van der Waals surface area contributed by atoms with Crippen LogP contribution in [0.15, 0.2) is 42.5 Å². The highest BCUT2D eigenvalue weighted by atomic mass is 35.5. The topological polar surface area (TPSA) is 60.3 Å². The third-order valence-corrected chi connectivity index (χ3v) is 6.06. The molecule has 0 spiro atoms. The minimum Gasteiger partial charge on any atom is -0.377 e. The minimum absolute atomic E-state index is 0.111. The maximum atomic E-state index is 13.4. The second kappa shape index (κ2) is 7.56. The number of carbonyl (C=O) groups excluding carboxylic acids is 1. The van der Waals surface area contributed by atoms with Crippen molar-refractivity contribution < 1.29 is 27.1 Å². The summed E-state index contributed by atoms with van der Waals surface area (Å²) in [7, 11) is 0. The first-order valence-corrected chi connectivity index (χ1v) is 10.1. The summed E-state index contributed by atoms with van der Waals surface area (Å²) in [5, 5.41) is 7.79. The lowest BCUT2D eigenvalue weighted by atomic mass is 10.0. The Morgan fingerprint density at radius 1 is 1.09 bits per heavy atom. The Kier molecular flexibility index (Phi) is 4.94. The van der Waals surface area contributed by atoms with Crippen molar-refractivity contribution in [2.24, 2.45) is 0 Å². The zero-order valence-corrected chi connectivity index (χ0v) is 17.1. The molecule has 2 aliphatic heterocycles. The molecule has 11 heteroatoms. The fraction of sp³-hybridized carbons (Fsp3) is 0.286. The summed E-state index contributed by atoms with van der Waals surface area (Å²) in [4.78, 5) is 14.8. The Balaban J connectivity index is 1.54. The fourth-order valence-corrected chi connectivity index (χ4v) is 4.51. The van der Waals surface area contributed by atoms with Crippen molar-refractivity contribution in [3.8, 4) is 11.4 Å². The van der Waals surface area contributed by atoms with E-state index in [1.165, 1.54) is 23.1 Å². The van der Waals surface area contributed by atoms with Crippen LogP contribution in [0.4, 0.5) is 17.6 Å². The number of alkyl halides is 3. The predicted molar refractivity (Wildman–Crippen MR) is 105 cm³/mol. The highest BCUT2D eigenvalue weighted by Crippen LogP contribution is 2.40. The van der Waals surface area contributed by atoms with Crippen LogP contribution in [-0.2, 0) is 17.5 Å². The van der Waals surface area contributed by atoms with Crippen molar-refractivity contribution in [1.29, 1.82) is 0 Å². The summed E-state index contributed by atoms with van der Waals surface area (Å²) in [6.45, 7) is 0.577. The second-order valence-corrected chi connectivity index (χ2v) is 7.96. The third kappa shape index (κ3) is 3.34. The van der Waals surface area contributed by atoms with E-state index in [2.05, 4.69) is 10.2 Å². The Labute approximate surface area is 184 Å². The largest absolute Gasteiger partial charge is 0.417 e. The molecule has 2 unspecified atom stereocenters. The highest BCUT2D eigenvalue weighted by Gasteiger charge is 2.45. The monoisotopic (exact) mass is 466 g/mol. The van der Waals surface area contributed by atoms with Gasteiger partial charge in [0, 0.05) is 12.1 Å². The fourth-order valence-electron chi connectivity index (χ4n) is 4.20. The molecule has 5 rings (SSSR count). The summed E-state index contributed by atoms with van der Waals surface area (Å²) >= 11 is 6.00. The molecule has 32 heavy (non-hydrogen) atoms. The molecule has 0 N–H and O–H groups in total. The van der Waals surface area contributed by atoms with E-state index in [0.29, 0.717) is 17.2 Å². The lowest BCUT2D eigenvalue weighted by Crippen LogP contribution is -2.56. The number of amides is 1. The van der Waals surface area contributed by atoms with E-state index in [0.717, 1.165) is 12.1 Å². The molecule has 2 aliphatic rings. The lowest BCUT2D eigenvalue weighted by Gasteiger charge is -2.45. The molecule has 1 fully saturated rings. The molecule has 0 radical (unpaired) electrons. The number of ether oxygens (including phenoxy) is 1. The van der Waals surface area contributed by atoms with E-state index >= 15 is 0 Å². The molecule has 166 valence electrons. The quantitative estimate of drug-likeness (QED) is 0.527. The predicted octanol–water partition coefficient (Wildman–Crippen LogP) is 4.35. The van der Waals surface area contributed by atoms with Gasteiger partial charge in [0.2, 0.25) is 0 Å². The van der Waals surface area contributed by atoms with E-state index in [4.69, 9.17) is 16.3 Å². The number of fused-ring (bicyclic) bond motifs is 4. The molecule has 2 atom stereocenters. The van der Waals surface area contributed by atoms with Crippen LogP contribution in [0.2, 0.25) is 5.02 Å². The number of nitrogens with zero attached hydrogens (tertiary/aromatic N) is 4. The minimum atomic E-state index is -4.68. The van der Waals surface area contributed by atoms with E-state index in [9.17, 15) is 22.4 Å². The van der Waals surface area contributed by atoms with Crippen LogP contribution in [0.25, 0.3) is 11.4 Å². The second-order valence-electron chi connectivity index (χ2n) is 7.58. The molecule has 1 aromatic heterocycles. The molecule has 0 aliphatic carbocycles. The van der Waals surface area contributed by atoms with E-state index in [1.807, 2.05) is 4.57 Å². The zero-order chi connectivity index (χ0) is 22.6. The number of carbonyl (C=O) groups is 1. The molecular formula is C21H15ClF4N4O2. The Morgan fingerprint density at radius 2 is 1.84 bits per heavy atom. The van der Waals surface area contributed by atoms with Crippen molar-refractivity contribution in [1.82, 2.24) is 19.7 Å².